The van der Waals surface area contributed by atoms with Crippen LogP contribution < -0.4 is 0 Å². The molecule has 1 aromatic heterocycles. The van der Waals surface area contributed by atoms with Gasteiger partial charge in [0.05, 0.1) is 31.4 Å². The molecule has 0 N–H and O–H groups in total. The number of fused-ring (bicyclic) bond motifs is 3. The van der Waals surface area contributed by atoms with Crippen LogP contribution in [0.1, 0.15) is 21.5 Å². The summed E-state index contributed by atoms with van der Waals surface area (Å²) in [5.41, 5.74) is 3.15. The maximum atomic E-state index is 11.5. The lowest BCUT2D eigenvalue weighted by Gasteiger charge is -2.07. The Balaban J connectivity index is 2.24. The van der Waals surface area contributed by atoms with E-state index < -0.39 is 0 Å². The quantitative estimate of drug-likeness (QED) is 0.586. The lowest BCUT2D eigenvalue weighted by molar-refractivity contribution is 0.0601. The Bertz CT molecular complexity index is 654. The molecule has 0 amide bonds. The van der Waals surface area contributed by atoms with Crippen molar-refractivity contribution in [2.75, 3.05) is 7.11 Å². The van der Waals surface area contributed by atoms with Gasteiger partial charge in [0, 0.05) is 10.9 Å². The van der Waals surface area contributed by atoms with Gasteiger partial charge >= 0.3 is 5.97 Å². The third kappa shape index (κ3) is 1.65. The van der Waals surface area contributed by atoms with Crippen LogP contribution in [0.5, 0.6) is 0 Å². The van der Waals surface area contributed by atoms with Crippen molar-refractivity contribution < 1.29 is 14.3 Å². The molecule has 0 atom stereocenters. The summed E-state index contributed by atoms with van der Waals surface area (Å²) in [6.45, 7) is 1.03. The van der Waals surface area contributed by atoms with Gasteiger partial charge in [-0.05, 0) is 17.7 Å². The highest BCUT2D eigenvalue weighted by Gasteiger charge is 2.20. The lowest BCUT2D eigenvalue weighted by atomic mass is 10.0. The molecule has 1 aliphatic rings. The number of halogens is 1. The minimum Gasteiger partial charge on any atom is -0.465 e. The van der Waals surface area contributed by atoms with Crippen LogP contribution in [0.4, 0.5) is 0 Å². The van der Waals surface area contributed by atoms with Gasteiger partial charge in [0.1, 0.15) is 5.15 Å². The predicted molar refractivity (Wildman–Crippen MR) is 66.6 cm³/mol. The molecule has 92 valence electrons. The molecule has 0 radical (unpaired) electrons. The van der Waals surface area contributed by atoms with Crippen molar-refractivity contribution in [2.24, 2.45) is 0 Å². The molecule has 0 spiro atoms. The maximum absolute atomic E-state index is 11.5. The Morgan fingerprint density at radius 1 is 1.39 bits per heavy atom. The van der Waals surface area contributed by atoms with Crippen LogP contribution in [0.15, 0.2) is 18.2 Å². The van der Waals surface area contributed by atoms with Crippen LogP contribution in [-0.4, -0.2) is 18.1 Å². The highest BCUT2D eigenvalue weighted by Crippen LogP contribution is 2.32. The standard InChI is InChI=1S/C13H10ClNO3/c1-17-13(16)7-2-3-8-9-5-18-6-10(9)12(14)15-11(8)4-7/h2-4H,5-6H2,1H3. The van der Waals surface area contributed by atoms with Gasteiger partial charge in [-0.25, -0.2) is 9.78 Å². The van der Waals surface area contributed by atoms with E-state index in [-0.39, 0.29) is 5.97 Å². The number of hydrogen-bond acceptors (Lipinski definition) is 4. The van der Waals surface area contributed by atoms with Crippen molar-refractivity contribution in [2.45, 2.75) is 13.2 Å². The molecule has 2 heterocycles. The van der Waals surface area contributed by atoms with E-state index in [1.54, 1.807) is 12.1 Å². The molecule has 18 heavy (non-hydrogen) atoms. The second-order valence-electron chi connectivity index (χ2n) is 4.08. The first-order valence-electron chi connectivity index (χ1n) is 5.48. The smallest absolute Gasteiger partial charge is 0.337 e. The molecule has 5 heteroatoms. The predicted octanol–water partition coefficient (Wildman–Crippen LogP) is 2.71. The minimum atomic E-state index is -0.383. The van der Waals surface area contributed by atoms with Gasteiger partial charge in [0.15, 0.2) is 0 Å². The van der Waals surface area contributed by atoms with E-state index in [4.69, 9.17) is 16.3 Å². The van der Waals surface area contributed by atoms with Gasteiger partial charge in [-0.1, -0.05) is 17.7 Å². The first-order valence-corrected chi connectivity index (χ1v) is 5.85. The summed E-state index contributed by atoms with van der Waals surface area (Å²) in [5, 5.41) is 1.41. The molecule has 0 aliphatic carbocycles. The van der Waals surface area contributed by atoms with Crippen LogP contribution in [0, 0.1) is 0 Å². The van der Waals surface area contributed by atoms with Gasteiger partial charge < -0.3 is 9.47 Å². The maximum Gasteiger partial charge on any atom is 0.337 e. The lowest BCUT2D eigenvalue weighted by Crippen LogP contribution is -2.01. The topological polar surface area (TPSA) is 48.4 Å². The number of rotatable bonds is 1. The van der Waals surface area contributed by atoms with Crippen LogP contribution >= 0.6 is 11.6 Å². The highest BCUT2D eigenvalue weighted by molar-refractivity contribution is 6.30. The number of esters is 1. The number of carbonyl (C=O) groups excluding carboxylic acids is 1. The number of aromatic nitrogens is 1. The Labute approximate surface area is 108 Å². The normalized spacial score (nSPS) is 13.7. The van der Waals surface area contributed by atoms with E-state index >= 15 is 0 Å². The minimum absolute atomic E-state index is 0.383. The number of benzene rings is 1. The van der Waals surface area contributed by atoms with Crippen LogP contribution in [-0.2, 0) is 22.7 Å². The Morgan fingerprint density at radius 3 is 2.94 bits per heavy atom. The second-order valence-corrected chi connectivity index (χ2v) is 4.43. The molecular formula is C13H10ClNO3. The Kier molecular flexibility index (Phi) is 2.69. The zero-order chi connectivity index (χ0) is 12.7. The Morgan fingerprint density at radius 2 is 2.17 bits per heavy atom. The number of carbonyl (C=O) groups is 1. The molecule has 0 saturated heterocycles. The van der Waals surface area contributed by atoms with Crippen LogP contribution in [0.25, 0.3) is 10.9 Å². The number of hydrogen-bond donors (Lipinski definition) is 0. The SMILES string of the molecule is COC(=O)c1ccc2c3c(c(Cl)nc2c1)COC3. The summed E-state index contributed by atoms with van der Waals surface area (Å²) in [7, 11) is 1.35. The van der Waals surface area contributed by atoms with Crippen molar-refractivity contribution in [3.8, 4) is 0 Å². The van der Waals surface area contributed by atoms with Gasteiger partial charge in [0.2, 0.25) is 0 Å². The molecule has 2 aromatic rings. The van der Waals surface area contributed by atoms with Crippen molar-refractivity contribution >= 4 is 28.5 Å². The number of methoxy groups -OCH3 is 1. The van der Waals surface area contributed by atoms with Crippen LogP contribution in [0.3, 0.4) is 0 Å². The fourth-order valence-corrected chi connectivity index (χ4v) is 2.41. The average Bonchev–Trinajstić information content (AvgIpc) is 2.87. The number of nitrogens with zero attached hydrogens (tertiary/aromatic N) is 1. The van der Waals surface area contributed by atoms with Gasteiger partial charge in [0.25, 0.3) is 0 Å². The zero-order valence-electron chi connectivity index (χ0n) is 9.70. The fourth-order valence-electron chi connectivity index (χ4n) is 2.15. The molecule has 0 bridgehead atoms. The monoisotopic (exact) mass is 263 g/mol. The van der Waals surface area contributed by atoms with E-state index in [1.165, 1.54) is 7.11 Å². The Hall–Kier alpha value is -1.65. The zero-order valence-corrected chi connectivity index (χ0v) is 10.5. The van der Waals surface area contributed by atoms with E-state index in [9.17, 15) is 4.79 Å². The van der Waals surface area contributed by atoms with Crippen molar-refractivity contribution in [3.05, 3.63) is 40.0 Å². The van der Waals surface area contributed by atoms with E-state index in [1.807, 2.05) is 6.07 Å². The third-order valence-corrected chi connectivity index (χ3v) is 3.38. The summed E-state index contributed by atoms with van der Waals surface area (Å²) in [6, 6.07) is 5.27. The summed E-state index contributed by atoms with van der Waals surface area (Å²) in [6.07, 6.45) is 0. The van der Waals surface area contributed by atoms with Gasteiger partial charge in [-0.3, -0.25) is 0 Å². The first kappa shape index (κ1) is 11.4. The summed E-state index contributed by atoms with van der Waals surface area (Å²) in [4.78, 5) is 15.8. The number of ether oxygens (including phenoxy) is 2. The number of pyridine rings is 1. The van der Waals surface area contributed by atoms with E-state index in [2.05, 4.69) is 9.72 Å². The largest absolute Gasteiger partial charge is 0.465 e. The second kappa shape index (κ2) is 4.23. The van der Waals surface area contributed by atoms with Crippen molar-refractivity contribution in [3.63, 3.8) is 0 Å². The molecule has 4 nitrogen and oxygen atoms in total. The molecule has 1 aromatic carbocycles. The molecule has 0 fully saturated rings. The summed E-state index contributed by atoms with van der Waals surface area (Å²) < 4.78 is 10.1. The molecule has 0 unspecified atom stereocenters. The average molecular weight is 264 g/mol. The van der Waals surface area contributed by atoms with Crippen molar-refractivity contribution in [1.82, 2.24) is 4.98 Å². The molecule has 1 aliphatic heterocycles. The summed E-state index contributed by atoms with van der Waals surface area (Å²) in [5.74, 6) is -0.383. The first-order chi connectivity index (χ1) is 8.70. The third-order valence-electron chi connectivity index (χ3n) is 3.07. The molecule has 0 saturated carbocycles. The van der Waals surface area contributed by atoms with Crippen LogP contribution in [0.2, 0.25) is 5.15 Å². The van der Waals surface area contributed by atoms with E-state index in [0.29, 0.717) is 29.4 Å². The molecular weight excluding hydrogens is 254 g/mol. The van der Waals surface area contributed by atoms with Gasteiger partial charge in [-0.2, -0.15) is 0 Å². The summed E-state index contributed by atoms with van der Waals surface area (Å²) >= 11 is 6.11. The fraction of sp³-hybridized carbons (Fsp3) is 0.231. The molecule has 3 rings (SSSR count). The van der Waals surface area contributed by atoms with E-state index in [0.717, 1.165) is 16.5 Å². The highest BCUT2D eigenvalue weighted by atomic mass is 35.5. The van der Waals surface area contributed by atoms with Crippen molar-refractivity contribution in [1.29, 1.82) is 0 Å². The van der Waals surface area contributed by atoms with Gasteiger partial charge in [-0.15, -0.1) is 0 Å².